The molecule has 0 amide bonds. The minimum absolute atomic E-state index is 1.17. The fourth-order valence-corrected chi connectivity index (χ4v) is 7.32. The Kier molecular flexibility index (Phi) is 5.39. The first-order chi connectivity index (χ1) is 19.9. The van der Waals surface area contributed by atoms with Crippen molar-refractivity contribution >= 4 is 43.9 Å². The fraction of sp³-hybridized carbons (Fsp3) is 0. The van der Waals surface area contributed by atoms with Crippen molar-refractivity contribution in [3.63, 3.8) is 0 Å². The number of nitrogens with zero attached hydrogens (tertiary/aromatic N) is 1. The summed E-state index contributed by atoms with van der Waals surface area (Å²) >= 11 is 1.90. The van der Waals surface area contributed by atoms with Gasteiger partial charge in [0.1, 0.15) is 0 Å². The van der Waals surface area contributed by atoms with Crippen molar-refractivity contribution in [2.75, 3.05) is 0 Å². The van der Waals surface area contributed by atoms with Crippen molar-refractivity contribution in [1.29, 1.82) is 0 Å². The third kappa shape index (κ3) is 3.61. The summed E-state index contributed by atoms with van der Waals surface area (Å²) in [7, 11) is 0. The van der Waals surface area contributed by atoms with Crippen LogP contribution in [0.5, 0.6) is 0 Å². The first-order valence-electron chi connectivity index (χ1n) is 13.6. The van der Waals surface area contributed by atoms with Crippen LogP contribution in [-0.2, 0) is 0 Å². The Balaban J connectivity index is 1.51. The first-order valence-corrected chi connectivity index (χ1v) is 14.4. The predicted molar refractivity (Wildman–Crippen MR) is 172 cm³/mol. The minimum atomic E-state index is 1.17. The van der Waals surface area contributed by atoms with Crippen LogP contribution in [0.2, 0.25) is 0 Å². The van der Waals surface area contributed by atoms with E-state index in [1.807, 2.05) is 11.3 Å². The molecule has 2 aromatic heterocycles. The summed E-state index contributed by atoms with van der Waals surface area (Å²) in [5.41, 5.74) is 8.63. The zero-order chi connectivity index (χ0) is 26.5. The molecule has 0 atom stereocenters. The molecule has 8 rings (SSSR count). The number of para-hydroxylation sites is 2. The molecule has 188 valence electrons. The van der Waals surface area contributed by atoms with Crippen molar-refractivity contribution in [3.8, 4) is 37.7 Å². The second kappa shape index (κ2) is 9.37. The van der Waals surface area contributed by atoms with Gasteiger partial charge in [-0.2, -0.15) is 0 Å². The molecule has 0 aliphatic rings. The van der Waals surface area contributed by atoms with E-state index in [9.17, 15) is 0 Å². The number of hydrogen-bond donors (Lipinski definition) is 0. The van der Waals surface area contributed by atoms with E-state index in [-0.39, 0.29) is 0 Å². The summed E-state index contributed by atoms with van der Waals surface area (Å²) in [6, 6.07) is 54.8. The molecule has 0 aliphatic heterocycles. The second-order valence-corrected chi connectivity index (χ2v) is 11.2. The highest BCUT2D eigenvalue weighted by Crippen LogP contribution is 2.48. The Morgan fingerprint density at radius 1 is 0.375 bits per heavy atom. The van der Waals surface area contributed by atoms with Crippen LogP contribution >= 0.6 is 11.3 Å². The van der Waals surface area contributed by atoms with Gasteiger partial charge in [0.25, 0.3) is 0 Å². The molecule has 40 heavy (non-hydrogen) atoms. The largest absolute Gasteiger partial charge is 0.309 e. The lowest BCUT2D eigenvalue weighted by Gasteiger charge is -2.13. The maximum Gasteiger partial charge on any atom is 0.0547 e. The van der Waals surface area contributed by atoms with Crippen LogP contribution in [0.3, 0.4) is 0 Å². The highest BCUT2D eigenvalue weighted by atomic mass is 32.1. The Morgan fingerprint density at radius 2 is 0.925 bits per heavy atom. The van der Waals surface area contributed by atoms with Crippen molar-refractivity contribution in [3.05, 3.63) is 152 Å². The van der Waals surface area contributed by atoms with Gasteiger partial charge in [0.15, 0.2) is 0 Å². The SMILES string of the molecule is c1ccc(-c2cc3c(cc2-c2sc(-c4ccccc4)c4ccccc24)c2ccccc2n3-c2ccccc2)cc1. The van der Waals surface area contributed by atoms with Gasteiger partial charge in [-0.05, 0) is 47.0 Å². The topological polar surface area (TPSA) is 4.93 Å². The molecular weight excluding hydrogens is 502 g/mol. The molecule has 0 bridgehead atoms. The fourth-order valence-electron chi connectivity index (χ4n) is 6.01. The predicted octanol–water partition coefficient (Wildman–Crippen LogP) is 11.0. The van der Waals surface area contributed by atoms with Gasteiger partial charge in [0, 0.05) is 42.6 Å². The Morgan fingerprint density at radius 3 is 1.62 bits per heavy atom. The van der Waals surface area contributed by atoms with Gasteiger partial charge in [0.2, 0.25) is 0 Å². The molecule has 0 N–H and O–H groups in total. The Bertz CT molecular complexity index is 2140. The Hall–Kier alpha value is -4.92. The smallest absolute Gasteiger partial charge is 0.0547 e. The number of aromatic nitrogens is 1. The lowest BCUT2D eigenvalue weighted by molar-refractivity contribution is 1.18. The molecular formula is C38H25NS. The summed E-state index contributed by atoms with van der Waals surface area (Å²) in [5.74, 6) is 0. The van der Waals surface area contributed by atoms with Gasteiger partial charge < -0.3 is 4.57 Å². The summed E-state index contributed by atoms with van der Waals surface area (Å²) in [4.78, 5) is 2.63. The number of thiophene rings is 1. The van der Waals surface area contributed by atoms with E-state index in [2.05, 4.69) is 156 Å². The second-order valence-electron chi connectivity index (χ2n) is 10.1. The summed E-state index contributed by atoms with van der Waals surface area (Å²) in [6.07, 6.45) is 0. The van der Waals surface area contributed by atoms with Crippen molar-refractivity contribution in [1.82, 2.24) is 4.57 Å². The summed E-state index contributed by atoms with van der Waals surface area (Å²) < 4.78 is 2.41. The number of benzene rings is 6. The highest BCUT2D eigenvalue weighted by molar-refractivity contribution is 7.21. The van der Waals surface area contributed by atoms with E-state index < -0.39 is 0 Å². The van der Waals surface area contributed by atoms with E-state index in [1.165, 1.54) is 70.3 Å². The Labute approximate surface area is 237 Å². The molecule has 0 aliphatic carbocycles. The third-order valence-electron chi connectivity index (χ3n) is 7.81. The quantitative estimate of drug-likeness (QED) is 0.214. The lowest BCUT2D eigenvalue weighted by atomic mass is 9.94. The van der Waals surface area contributed by atoms with Gasteiger partial charge in [0.05, 0.1) is 11.0 Å². The average Bonchev–Trinajstić information content (AvgIpc) is 3.58. The number of hydrogen-bond acceptors (Lipinski definition) is 1. The number of fused-ring (bicyclic) bond motifs is 4. The van der Waals surface area contributed by atoms with Gasteiger partial charge in [-0.3, -0.25) is 0 Å². The molecule has 2 heterocycles. The molecule has 0 saturated carbocycles. The molecule has 8 aromatic rings. The maximum atomic E-state index is 2.44. The van der Waals surface area contributed by atoms with Gasteiger partial charge in [-0.25, -0.2) is 0 Å². The van der Waals surface area contributed by atoms with E-state index >= 15 is 0 Å². The normalized spacial score (nSPS) is 11.5. The van der Waals surface area contributed by atoms with E-state index in [1.54, 1.807) is 0 Å². The van der Waals surface area contributed by atoms with Crippen LogP contribution in [0.25, 0.3) is 70.3 Å². The summed E-state index contributed by atoms with van der Waals surface area (Å²) in [6.45, 7) is 0. The van der Waals surface area contributed by atoms with Crippen LogP contribution in [0.1, 0.15) is 0 Å². The summed E-state index contributed by atoms with van der Waals surface area (Å²) in [5, 5.41) is 5.15. The van der Waals surface area contributed by atoms with Crippen LogP contribution in [0, 0.1) is 0 Å². The van der Waals surface area contributed by atoms with E-state index in [0.717, 1.165) is 0 Å². The molecule has 0 spiro atoms. The molecule has 0 saturated heterocycles. The van der Waals surface area contributed by atoms with Gasteiger partial charge >= 0.3 is 0 Å². The van der Waals surface area contributed by atoms with Crippen molar-refractivity contribution in [2.45, 2.75) is 0 Å². The van der Waals surface area contributed by atoms with Crippen molar-refractivity contribution in [2.24, 2.45) is 0 Å². The molecule has 0 fully saturated rings. The van der Waals surface area contributed by atoms with Gasteiger partial charge in [-0.1, -0.05) is 121 Å². The molecule has 2 heteroatoms. The van der Waals surface area contributed by atoms with E-state index in [0.29, 0.717) is 0 Å². The zero-order valence-corrected chi connectivity index (χ0v) is 22.6. The van der Waals surface area contributed by atoms with Crippen LogP contribution < -0.4 is 0 Å². The standard InChI is InChI=1S/C38H25NS/c1-4-14-26(15-5-1)32-25-36-33(29-20-12-13-23-35(29)39(36)28-18-8-3-9-19-28)24-34(32)38-31-22-11-10-21-30(31)37(40-38)27-16-6-2-7-17-27/h1-25H. The van der Waals surface area contributed by atoms with Crippen LogP contribution in [-0.4, -0.2) is 4.57 Å². The van der Waals surface area contributed by atoms with E-state index in [4.69, 9.17) is 0 Å². The average molecular weight is 528 g/mol. The molecule has 0 radical (unpaired) electrons. The highest BCUT2D eigenvalue weighted by Gasteiger charge is 2.21. The molecule has 1 nitrogen and oxygen atoms in total. The lowest BCUT2D eigenvalue weighted by Crippen LogP contribution is -1.94. The number of rotatable bonds is 4. The van der Waals surface area contributed by atoms with Crippen LogP contribution in [0.4, 0.5) is 0 Å². The first kappa shape index (κ1) is 23.0. The monoisotopic (exact) mass is 527 g/mol. The third-order valence-corrected chi connectivity index (χ3v) is 9.12. The van der Waals surface area contributed by atoms with Crippen LogP contribution in [0.15, 0.2) is 152 Å². The van der Waals surface area contributed by atoms with Gasteiger partial charge in [-0.15, -0.1) is 11.3 Å². The maximum absolute atomic E-state index is 2.44. The minimum Gasteiger partial charge on any atom is -0.309 e. The van der Waals surface area contributed by atoms with Crippen molar-refractivity contribution < 1.29 is 0 Å². The molecule has 6 aromatic carbocycles. The zero-order valence-electron chi connectivity index (χ0n) is 21.8. The molecule has 0 unspecified atom stereocenters.